The molecule has 0 unspecified atom stereocenters. The van der Waals surface area contributed by atoms with E-state index >= 15 is 0 Å². The minimum Gasteiger partial charge on any atom is -0.383 e. The molecule has 0 amide bonds. The molecule has 0 saturated carbocycles. The summed E-state index contributed by atoms with van der Waals surface area (Å²) in [5.74, 6) is 1.25. The van der Waals surface area contributed by atoms with E-state index in [-0.39, 0.29) is 6.04 Å². The normalized spacial score (nSPS) is 15.8. The van der Waals surface area contributed by atoms with Crippen LogP contribution in [0.25, 0.3) is 0 Å². The van der Waals surface area contributed by atoms with E-state index < -0.39 is 0 Å². The number of aromatic nitrogens is 2. The summed E-state index contributed by atoms with van der Waals surface area (Å²) in [6.07, 6.45) is 1.93. The Balaban J connectivity index is 2.38. The highest BCUT2D eigenvalue weighted by Gasteiger charge is 2.24. The van der Waals surface area contributed by atoms with Crippen molar-refractivity contribution < 1.29 is 0 Å². The van der Waals surface area contributed by atoms with Gasteiger partial charge in [0.2, 0.25) is 0 Å². The van der Waals surface area contributed by atoms with Crippen LogP contribution in [0.2, 0.25) is 0 Å². The van der Waals surface area contributed by atoms with E-state index in [9.17, 15) is 5.26 Å². The van der Waals surface area contributed by atoms with Gasteiger partial charge in [0.05, 0.1) is 6.04 Å². The van der Waals surface area contributed by atoms with Crippen LogP contribution in [0.4, 0.5) is 11.6 Å². The fourth-order valence-electron chi connectivity index (χ4n) is 2.55. The first-order valence-corrected chi connectivity index (χ1v) is 6.96. The van der Waals surface area contributed by atoms with E-state index in [0.717, 1.165) is 44.8 Å². The summed E-state index contributed by atoms with van der Waals surface area (Å²) in [4.78, 5) is 2.14. The fourth-order valence-corrected chi connectivity index (χ4v) is 2.55. The molecule has 3 N–H and O–H groups in total. The Morgan fingerprint density at radius 1 is 1.37 bits per heavy atom. The Kier molecular flexibility index (Phi) is 4.27. The number of piperazine rings is 1. The Morgan fingerprint density at radius 3 is 2.53 bits per heavy atom. The molecule has 0 aliphatic carbocycles. The lowest BCUT2D eigenvalue weighted by Gasteiger charge is -2.27. The molecular weight excluding hydrogens is 240 g/mol. The van der Waals surface area contributed by atoms with Gasteiger partial charge in [-0.25, -0.2) is 4.68 Å². The van der Waals surface area contributed by atoms with Gasteiger partial charge in [-0.05, 0) is 12.8 Å². The number of nitrogen functional groups attached to an aromatic ring is 1. The van der Waals surface area contributed by atoms with Gasteiger partial charge in [-0.1, -0.05) is 13.8 Å². The maximum atomic E-state index is 9.34. The van der Waals surface area contributed by atoms with Crippen LogP contribution in [0.1, 0.15) is 38.3 Å². The van der Waals surface area contributed by atoms with Crippen molar-refractivity contribution in [2.75, 3.05) is 36.8 Å². The average molecular weight is 262 g/mol. The second kappa shape index (κ2) is 5.93. The van der Waals surface area contributed by atoms with E-state index in [1.807, 2.05) is 4.68 Å². The Labute approximate surface area is 114 Å². The van der Waals surface area contributed by atoms with Gasteiger partial charge in [0.15, 0.2) is 5.82 Å². The van der Waals surface area contributed by atoms with Crippen LogP contribution >= 0.6 is 0 Å². The molecular formula is C13H22N6. The molecule has 0 aromatic carbocycles. The smallest absolute Gasteiger partial charge is 0.171 e. The number of nitrogens with two attached hydrogens (primary N) is 1. The second-order valence-corrected chi connectivity index (χ2v) is 4.85. The predicted octanol–water partition coefficient (Wildman–Crippen LogP) is 1.11. The highest BCUT2D eigenvalue weighted by Crippen LogP contribution is 2.29. The number of nitriles is 1. The largest absolute Gasteiger partial charge is 0.383 e. The molecule has 1 aliphatic heterocycles. The molecule has 1 aliphatic rings. The molecule has 1 fully saturated rings. The van der Waals surface area contributed by atoms with Gasteiger partial charge in [0.25, 0.3) is 0 Å². The van der Waals surface area contributed by atoms with Gasteiger partial charge in [-0.2, -0.15) is 10.4 Å². The zero-order valence-electron chi connectivity index (χ0n) is 11.7. The first kappa shape index (κ1) is 13.7. The maximum Gasteiger partial charge on any atom is 0.171 e. The molecule has 0 radical (unpaired) electrons. The van der Waals surface area contributed by atoms with Crippen LogP contribution in [0.15, 0.2) is 0 Å². The van der Waals surface area contributed by atoms with Gasteiger partial charge in [-0.15, -0.1) is 0 Å². The van der Waals surface area contributed by atoms with Crippen molar-refractivity contribution in [3.8, 4) is 6.07 Å². The van der Waals surface area contributed by atoms with Crippen LogP contribution in [-0.4, -0.2) is 36.0 Å². The van der Waals surface area contributed by atoms with E-state index in [2.05, 4.69) is 35.2 Å². The standard InChI is InChI=1S/C13H22N6/c1-3-10(4-2)19-12(15)11(9-14)13(17-19)18-7-5-16-6-8-18/h10,16H,3-8,15H2,1-2H3. The summed E-state index contributed by atoms with van der Waals surface area (Å²) in [5.41, 5.74) is 6.63. The van der Waals surface area contributed by atoms with Gasteiger partial charge in [0, 0.05) is 26.2 Å². The van der Waals surface area contributed by atoms with E-state index in [0.29, 0.717) is 11.4 Å². The first-order chi connectivity index (χ1) is 9.22. The van der Waals surface area contributed by atoms with Crippen LogP contribution < -0.4 is 16.0 Å². The molecule has 19 heavy (non-hydrogen) atoms. The molecule has 0 atom stereocenters. The molecule has 1 aromatic heterocycles. The predicted molar refractivity (Wildman–Crippen MR) is 76.1 cm³/mol. The highest BCUT2D eigenvalue weighted by atomic mass is 15.4. The fraction of sp³-hybridized carbons (Fsp3) is 0.692. The van der Waals surface area contributed by atoms with Crippen molar-refractivity contribution in [3.63, 3.8) is 0 Å². The van der Waals surface area contributed by atoms with Crippen molar-refractivity contribution in [1.82, 2.24) is 15.1 Å². The minimum absolute atomic E-state index is 0.267. The van der Waals surface area contributed by atoms with Gasteiger partial charge < -0.3 is 16.0 Å². The zero-order valence-corrected chi connectivity index (χ0v) is 11.7. The zero-order chi connectivity index (χ0) is 13.8. The van der Waals surface area contributed by atoms with E-state index in [1.54, 1.807) is 0 Å². The molecule has 6 nitrogen and oxygen atoms in total. The summed E-state index contributed by atoms with van der Waals surface area (Å²) >= 11 is 0. The summed E-state index contributed by atoms with van der Waals surface area (Å²) in [6, 6.07) is 2.48. The summed E-state index contributed by atoms with van der Waals surface area (Å²) in [5, 5.41) is 17.3. The quantitative estimate of drug-likeness (QED) is 0.849. The third-order valence-corrected chi connectivity index (χ3v) is 3.75. The number of nitrogens with zero attached hydrogens (tertiary/aromatic N) is 4. The van der Waals surface area contributed by atoms with Crippen LogP contribution in [0.3, 0.4) is 0 Å². The van der Waals surface area contributed by atoms with Gasteiger partial charge in [0.1, 0.15) is 17.5 Å². The van der Waals surface area contributed by atoms with Crippen molar-refractivity contribution in [2.45, 2.75) is 32.7 Å². The molecule has 2 heterocycles. The molecule has 1 aromatic rings. The lowest BCUT2D eigenvalue weighted by Crippen LogP contribution is -2.44. The third kappa shape index (κ3) is 2.51. The summed E-state index contributed by atoms with van der Waals surface area (Å²) in [7, 11) is 0. The Morgan fingerprint density at radius 2 is 2.00 bits per heavy atom. The lowest BCUT2D eigenvalue weighted by molar-refractivity contribution is 0.433. The Bertz CT molecular complexity index is 462. The lowest BCUT2D eigenvalue weighted by atomic mass is 10.2. The molecule has 1 saturated heterocycles. The number of nitrogens with one attached hydrogen (secondary N) is 1. The monoisotopic (exact) mass is 262 g/mol. The third-order valence-electron chi connectivity index (χ3n) is 3.75. The Hall–Kier alpha value is -1.74. The number of hydrogen-bond acceptors (Lipinski definition) is 5. The molecule has 6 heteroatoms. The van der Waals surface area contributed by atoms with Crippen molar-refractivity contribution in [2.24, 2.45) is 0 Å². The first-order valence-electron chi connectivity index (χ1n) is 6.96. The van der Waals surface area contributed by atoms with E-state index in [1.165, 1.54) is 0 Å². The topological polar surface area (TPSA) is 82.9 Å². The number of hydrogen-bond donors (Lipinski definition) is 2. The van der Waals surface area contributed by atoms with Crippen molar-refractivity contribution in [1.29, 1.82) is 5.26 Å². The summed E-state index contributed by atoms with van der Waals surface area (Å²) in [6.45, 7) is 7.81. The second-order valence-electron chi connectivity index (χ2n) is 4.85. The molecule has 0 bridgehead atoms. The van der Waals surface area contributed by atoms with Crippen LogP contribution in [0.5, 0.6) is 0 Å². The maximum absolute atomic E-state index is 9.34. The van der Waals surface area contributed by atoms with Crippen LogP contribution in [-0.2, 0) is 0 Å². The SMILES string of the molecule is CCC(CC)n1nc(N2CCNCC2)c(C#N)c1N. The van der Waals surface area contributed by atoms with E-state index in [4.69, 9.17) is 5.73 Å². The van der Waals surface area contributed by atoms with Gasteiger partial charge >= 0.3 is 0 Å². The molecule has 104 valence electrons. The number of anilines is 2. The minimum atomic E-state index is 0.267. The van der Waals surface area contributed by atoms with Crippen LogP contribution in [0, 0.1) is 11.3 Å². The summed E-state index contributed by atoms with van der Waals surface area (Å²) < 4.78 is 1.83. The average Bonchev–Trinajstić information content (AvgIpc) is 2.78. The van der Waals surface area contributed by atoms with Gasteiger partial charge in [-0.3, -0.25) is 0 Å². The van der Waals surface area contributed by atoms with Crippen molar-refractivity contribution in [3.05, 3.63) is 5.56 Å². The molecule has 2 rings (SSSR count). The van der Waals surface area contributed by atoms with Crippen molar-refractivity contribution >= 4 is 11.6 Å². The number of rotatable bonds is 4. The molecule has 0 spiro atoms. The highest BCUT2D eigenvalue weighted by molar-refractivity contribution is 5.65.